The van der Waals surface area contributed by atoms with Crippen molar-refractivity contribution >= 4 is 23.1 Å². The predicted molar refractivity (Wildman–Crippen MR) is 111 cm³/mol. The van der Waals surface area contributed by atoms with Crippen molar-refractivity contribution < 1.29 is 0 Å². The molecule has 1 aliphatic carbocycles. The number of imidazole rings is 1. The summed E-state index contributed by atoms with van der Waals surface area (Å²) >= 11 is 6.15. The van der Waals surface area contributed by atoms with Crippen LogP contribution in [0.2, 0.25) is 5.02 Å². The maximum Gasteiger partial charge on any atom is 0.154 e. The second-order valence-electron chi connectivity index (χ2n) is 8.16. The molecule has 1 aliphatic rings. The lowest BCUT2D eigenvalue weighted by atomic mass is 9.76. The zero-order chi connectivity index (χ0) is 19.0. The van der Waals surface area contributed by atoms with E-state index in [2.05, 4.69) is 24.1 Å². The Morgan fingerprint density at radius 1 is 1.15 bits per heavy atom. The number of nitrogens with two attached hydrogens (primary N) is 1. The minimum Gasteiger partial charge on any atom is -0.366 e. The summed E-state index contributed by atoms with van der Waals surface area (Å²) in [6.07, 6.45) is 6.39. The van der Waals surface area contributed by atoms with Gasteiger partial charge in [0.05, 0.1) is 11.9 Å². The van der Waals surface area contributed by atoms with Crippen LogP contribution < -0.4 is 11.1 Å². The molecule has 5 nitrogen and oxygen atoms in total. The molecular weight excluding hydrogens is 358 g/mol. The van der Waals surface area contributed by atoms with E-state index in [-0.39, 0.29) is 5.54 Å². The van der Waals surface area contributed by atoms with Gasteiger partial charge in [-0.3, -0.25) is 0 Å². The molecule has 0 spiro atoms. The molecule has 0 saturated heterocycles. The highest BCUT2D eigenvalue weighted by molar-refractivity contribution is 6.30. The van der Waals surface area contributed by atoms with E-state index in [0.717, 1.165) is 48.4 Å². The number of hydrogen-bond donors (Lipinski definition) is 2. The third-order valence-electron chi connectivity index (χ3n) is 5.61. The highest BCUT2D eigenvalue weighted by atomic mass is 35.5. The van der Waals surface area contributed by atoms with Crippen LogP contribution in [0.25, 0.3) is 16.9 Å². The van der Waals surface area contributed by atoms with Crippen molar-refractivity contribution in [3.8, 4) is 11.3 Å². The Morgan fingerprint density at radius 3 is 2.63 bits per heavy atom. The highest BCUT2D eigenvalue weighted by Crippen LogP contribution is 2.32. The first-order valence-corrected chi connectivity index (χ1v) is 9.94. The standard InChI is InChI=1S/C21H26ClN5/c1-21(2,23)15-6-8-17(9-7-15)25-19-10-11-20-24-13-18(27(20)26-19)14-4-3-5-16(22)12-14/h3-5,10-13,15,17H,6-9,23H2,1-2H3,(H,25,26). The Morgan fingerprint density at radius 2 is 1.93 bits per heavy atom. The molecule has 142 valence electrons. The zero-order valence-corrected chi connectivity index (χ0v) is 16.6. The normalized spacial score (nSPS) is 20.7. The van der Waals surface area contributed by atoms with Gasteiger partial charge in [0.15, 0.2) is 5.65 Å². The van der Waals surface area contributed by atoms with Crippen LogP contribution in [-0.4, -0.2) is 26.2 Å². The molecule has 6 heteroatoms. The molecule has 1 fully saturated rings. The molecule has 0 bridgehead atoms. The van der Waals surface area contributed by atoms with Crippen molar-refractivity contribution in [2.24, 2.45) is 11.7 Å². The number of rotatable bonds is 4. The van der Waals surface area contributed by atoms with Gasteiger partial charge in [-0.25, -0.2) is 9.50 Å². The van der Waals surface area contributed by atoms with Gasteiger partial charge in [0, 0.05) is 22.2 Å². The van der Waals surface area contributed by atoms with Crippen LogP contribution in [0.3, 0.4) is 0 Å². The first-order valence-electron chi connectivity index (χ1n) is 9.56. The van der Waals surface area contributed by atoms with E-state index in [9.17, 15) is 0 Å². The Labute approximate surface area is 164 Å². The largest absolute Gasteiger partial charge is 0.366 e. The van der Waals surface area contributed by atoms with E-state index in [1.54, 1.807) is 0 Å². The van der Waals surface area contributed by atoms with Gasteiger partial charge in [-0.15, -0.1) is 5.10 Å². The van der Waals surface area contributed by atoms with Crippen molar-refractivity contribution in [2.45, 2.75) is 51.1 Å². The number of fused-ring (bicyclic) bond motifs is 1. The van der Waals surface area contributed by atoms with Gasteiger partial charge in [-0.1, -0.05) is 23.7 Å². The molecule has 0 unspecified atom stereocenters. The number of nitrogens with zero attached hydrogens (tertiary/aromatic N) is 3. The molecular formula is C21H26ClN5. The van der Waals surface area contributed by atoms with Gasteiger partial charge >= 0.3 is 0 Å². The molecule has 3 N–H and O–H groups in total. The minimum absolute atomic E-state index is 0.0925. The summed E-state index contributed by atoms with van der Waals surface area (Å²) in [7, 11) is 0. The molecule has 0 amide bonds. The first-order chi connectivity index (χ1) is 12.9. The molecule has 1 aromatic carbocycles. The SMILES string of the molecule is CC(C)(N)C1CCC(Nc2ccc3ncc(-c4cccc(Cl)c4)n3n2)CC1. The van der Waals surface area contributed by atoms with Crippen LogP contribution in [-0.2, 0) is 0 Å². The molecule has 2 aromatic heterocycles. The van der Waals surface area contributed by atoms with Gasteiger partial charge in [0.1, 0.15) is 5.82 Å². The molecule has 0 atom stereocenters. The van der Waals surface area contributed by atoms with Crippen LogP contribution in [0.4, 0.5) is 5.82 Å². The predicted octanol–water partition coefficient (Wildman–Crippen LogP) is 4.76. The number of halogens is 1. The second-order valence-corrected chi connectivity index (χ2v) is 8.59. The summed E-state index contributed by atoms with van der Waals surface area (Å²) < 4.78 is 1.88. The Kier molecular flexibility index (Phi) is 4.82. The number of hydrogen-bond acceptors (Lipinski definition) is 4. The van der Waals surface area contributed by atoms with Crippen molar-refractivity contribution in [2.75, 3.05) is 5.32 Å². The number of aromatic nitrogens is 3. The fourth-order valence-electron chi connectivity index (χ4n) is 3.99. The maximum atomic E-state index is 6.29. The Balaban J connectivity index is 1.53. The van der Waals surface area contributed by atoms with Crippen molar-refractivity contribution in [1.82, 2.24) is 14.6 Å². The lowest BCUT2D eigenvalue weighted by molar-refractivity contribution is 0.230. The van der Waals surface area contributed by atoms with Crippen LogP contribution in [0, 0.1) is 5.92 Å². The zero-order valence-electron chi connectivity index (χ0n) is 15.8. The van der Waals surface area contributed by atoms with E-state index >= 15 is 0 Å². The topological polar surface area (TPSA) is 68.2 Å². The van der Waals surface area contributed by atoms with Crippen LogP contribution in [0.15, 0.2) is 42.6 Å². The quantitative estimate of drug-likeness (QED) is 0.681. The summed E-state index contributed by atoms with van der Waals surface area (Å²) in [5.41, 5.74) is 8.96. The van der Waals surface area contributed by atoms with Gasteiger partial charge in [-0.2, -0.15) is 0 Å². The summed E-state index contributed by atoms with van der Waals surface area (Å²) in [5, 5.41) is 9.08. The van der Waals surface area contributed by atoms with Crippen LogP contribution in [0.1, 0.15) is 39.5 Å². The van der Waals surface area contributed by atoms with Gasteiger partial charge < -0.3 is 11.1 Å². The van der Waals surface area contributed by atoms with Crippen LogP contribution >= 0.6 is 11.6 Å². The fourth-order valence-corrected chi connectivity index (χ4v) is 4.18. The molecule has 4 rings (SSSR count). The lowest BCUT2D eigenvalue weighted by Gasteiger charge is -2.37. The fraction of sp³-hybridized carbons (Fsp3) is 0.429. The first kappa shape index (κ1) is 18.3. The van der Waals surface area contributed by atoms with E-state index in [1.165, 1.54) is 0 Å². The number of benzene rings is 1. The Bertz CT molecular complexity index is 935. The third-order valence-corrected chi connectivity index (χ3v) is 5.85. The second kappa shape index (κ2) is 7.13. The van der Waals surface area contributed by atoms with Crippen molar-refractivity contribution in [3.63, 3.8) is 0 Å². The maximum absolute atomic E-state index is 6.29. The minimum atomic E-state index is -0.0925. The van der Waals surface area contributed by atoms with Gasteiger partial charge in [-0.05, 0) is 69.7 Å². The lowest BCUT2D eigenvalue weighted by Crippen LogP contribution is -2.44. The number of anilines is 1. The average Bonchev–Trinajstić information content (AvgIpc) is 3.05. The van der Waals surface area contributed by atoms with E-state index in [4.69, 9.17) is 22.4 Å². The molecule has 0 radical (unpaired) electrons. The Hall–Kier alpha value is -2.11. The molecule has 27 heavy (non-hydrogen) atoms. The summed E-state index contributed by atoms with van der Waals surface area (Å²) in [6.45, 7) is 4.27. The van der Waals surface area contributed by atoms with E-state index < -0.39 is 0 Å². The summed E-state index contributed by atoms with van der Waals surface area (Å²) in [5.74, 6) is 1.47. The average molecular weight is 384 g/mol. The highest BCUT2D eigenvalue weighted by Gasteiger charge is 2.30. The summed E-state index contributed by atoms with van der Waals surface area (Å²) in [6, 6.07) is 12.2. The monoisotopic (exact) mass is 383 g/mol. The van der Waals surface area contributed by atoms with E-state index in [0.29, 0.717) is 17.0 Å². The molecule has 2 heterocycles. The van der Waals surface area contributed by atoms with Gasteiger partial charge in [0.25, 0.3) is 0 Å². The molecule has 0 aliphatic heterocycles. The van der Waals surface area contributed by atoms with Crippen molar-refractivity contribution in [3.05, 3.63) is 47.6 Å². The molecule has 1 saturated carbocycles. The van der Waals surface area contributed by atoms with Gasteiger partial charge in [0.2, 0.25) is 0 Å². The van der Waals surface area contributed by atoms with Crippen LogP contribution in [0.5, 0.6) is 0 Å². The smallest absolute Gasteiger partial charge is 0.154 e. The summed E-state index contributed by atoms with van der Waals surface area (Å²) in [4.78, 5) is 4.47. The molecule has 3 aromatic rings. The third kappa shape index (κ3) is 3.94. The van der Waals surface area contributed by atoms with Crippen molar-refractivity contribution in [1.29, 1.82) is 0 Å². The van der Waals surface area contributed by atoms with E-state index in [1.807, 2.05) is 47.1 Å². The number of nitrogens with one attached hydrogen (secondary N) is 1.